The summed E-state index contributed by atoms with van der Waals surface area (Å²) in [6.07, 6.45) is 1.63. The molecule has 0 bridgehead atoms. The van der Waals surface area contributed by atoms with Gasteiger partial charge in [-0.1, -0.05) is 30.4 Å². The van der Waals surface area contributed by atoms with E-state index in [4.69, 9.17) is 5.11 Å². The van der Waals surface area contributed by atoms with Gasteiger partial charge in [0, 0.05) is 12.1 Å². The minimum atomic E-state index is -3.04. The fourth-order valence-corrected chi connectivity index (χ4v) is 4.24. The molecule has 0 aliphatic carbocycles. The number of halogens is 1. The molecule has 0 saturated heterocycles. The van der Waals surface area contributed by atoms with E-state index in [9.17, 15) is 13.4 Å². The molecule has 1 unspecified atom stereocenters. The van der Waals surface area contributed by atoms with Crippen molar-refractivity contribution >= 4 is 16.0 Å². The minimum absolute atomic E-state index is 0.0920. The molecule has 0 spiro atoms. The van der Waals surface area contributed by atoms with Crippen LogP contribution in [0, 0.1) is 5.82 Å². The molecule has 1 amide bonds. The quantitative estimate of drug-likeness (QED) is 0.595. The van der Waals surface area contributed by atoms with Crippen LogP contribution >= 0.6 is 0 Å². The lowest BCUT2D eigenvalue weighted by molar-refractivity contribution is 0.182. The van der Waals surface area contributed by atoms with Crippen LogP contribution in [-0.4, -0.2) is 34.3 Å². The van der Waals surface area contributed by atoms with Crippen molar-refractivity contribution in [3.63, 3.8) is 0 Å². The molecule has 1 aromatic rings. The van der Waals surface area contributed by atoms with Crippen molar-refractivity contribution in [1.29, 1.82) is 0 Å². The number of carbonyl (C=O) groups is 1. The molecule has 3 N–H and O–H groups in total. The molecule has 24 heavy (non-hydrogen) atoms. The Kier molecular flexibility index (Phi) is 7.12. The topological polar surface area (TPSA) is 90.8 Å². The molecule has 0 aromatic heterocycles. The Bertz CT molecular complexity index is 729. The van der Waals surface area contributed by atoms with Gasteiger partial charge in [-0.25, -0.2) is 22.5 Å². The largest absolute Gasteiger partial charge is 0.465 e. The van der Waals surface area contributed by atoms with Crippen molar-refractivity contribution in [3.8, 4) is 0 Å². The normalized spacial score (nSPS) is 15.6. The molecule has 0 radical (unpaired) electrons. The Morgan fingerprint density at radius 3 is 2.62 bits per heavy atom. The summed E-state index contributed by atoms with van der Waals surface area (Å²) in [7, 11) is -3.04. The van der Waals surface area contributed by atoms with Gasteiger partial charge in [-0.2, -0.15) is 0 Å². The lowest BCUT2D eigenvalue weighted by Crippen LogP contribution is -2.50. The molecular weight excluding hydrogens is 333 g/mol. The molecule has 8 heteroatoms. The Morgan fingerprint density at radius 1 is 1.42 bits per heavy atom. The summed E-state index contributed by atoms with van der Waals surface area (Å²) in [5.41, 5.74) is -1.35. The van der Waals surface area contributed by atoms with Crippen LogP contribution in [0.15, 0.2) is 53.9 Å². The predicted octanol–water partition coefficient (Wildman–Crippen LogP) is 2.65. The maximum absolute atomic E-state index is 14.2. The first-order valence-corrected chi connectivity index (χ1v) is 8.88. The molecule has 132 valence electrons. The van der Waals surface area contributed by atoms with Crippen LogP contribution in [-0.2, 0) is 15.5 Å². The lowest BCUT2D eigenvalue weighted by atomic mass is 9.94. The minimum Gasteiger partial charge on any atom is -0.465 e. The van der Waals surface area contributed by atoms with Crippen LogP contribution < -0.4 is 10.0 Å². The third kappa shape index (κ3) is 5.47. The first kappa shape index (κ1) is 19.9. The van der Waals surface area contributed by atoms with Gasteiger partial charge in [0.05, 0.1) is 17.8 Å². The number of hydrogen-bond donors (Lipinski definition) is 3. The maximum atomic E-state index is 14.2. The first-order chi connectivity index (χ1) is 11.3. The summed E-state index contributed by atoms with van der Waals surface area (Å²) in [6.45, 7) is 8.86. The van der Waals surface area contributed by atoms with Crippen LogP contribution in [0.1, 0.15) is 12.5 Å². The van der Waals surface area contributed by atoms with Gasteiger partial charge in [0.2, 0.25) is 0 Å². The second kappa shape index (κ2) is 8.60. The number of nitrogens with one attached hydrogen (secondary N) is 2. The van der Waals surface area contributed by atoms with E-state index in [0.29, 0.717) is 0 Å². The van der Waals surface area contributed by atoms with Gasteiger partial charge in [0.15, 0.2) is 0 Å². The summed E-state index contributed by atoms with van der Waals surface area (Å²) in [4.78, 5) is 11.2. The van der Waals surface area contributed by atoms with Crippen LogP contribution in [0.4, 0.5) is 9.18 Å². The standard InChI is InChI=1S/C16H22FN3O3S/c1-4-10-18-24(23,19-11-5-2)12-16(3,20-15(21)22)13-8-6-7-9-14(13)17/h4-9,20H,1-2,10-12H2,3H3,(H,21,22)(H,18,19,23)/t16-/m0/s1. The van der Waals surface area contributed by atoms with E-state index in [0.717, 1.165) is 0 Å². The fourth-order valence-electron chi connectivity index (χ4n) is 2.22. The highest BCUT2D eigenvalue weighted by Crippen LogP contribution is 2.26. The SMILES string of the molecule is C=CCN=S(=O)(C[C@](C)(NC(=O)O)c1ccccc1F)NCC=C. The Balaban J connectivity index is 3.36. The summed E-state index contributed by atoms with van der Waals surface area (Å²) in [5, 5.41) is 11.4. The van der Waals surface area contributed by atoms with Crippen molar-refractivity contribution in [3.05, 3.63) is 61.0 Å². The number of amides is 1. The lowest BCUT2D eigenvalue weighted by Gasteiger charge is -2.31. The maximum Gasteiger partial charge on any atom is 0.405 e. The number of rotatable bonds is 9. The molecule has 0 saturated carbocycles. The summed E-state index contributed by atoms with van der Waals surface area (Å²) >= 11 is 0. The second-order valence-electron chi connectivity index (χ2n) is 5.26. The average molecular weight is 355 g/mol. The predicted molar refractivity (Wildman–Crippen MR) is 93.6 cm³/mol. The van der Waals surface area contributed by atoms with Gasteiger partial charge >= 0.3 is 6.09 Å². The average Bonchev–Trinajstić information content (AvgIpc) is 2.50. The van der Waals surface area contributed by atoms with Crippen molar-refractivity contribution in [2.45, 2.75) is 12.5 Å². The summed E-state index contributed by atoms with van der Waals surface area (Å²) < 4.78 is 34.1. The molecule has 0 aliphatic rings. The molecule has 6 nitrogen and oxygen atoms in total. The molecule has 0 fully saturated rings. The third-order valence-corrected chi connectivity index (χ3v) is 5.35. The van der Waals surface area contributed by atoms with Gasteiger partial charge in [-0.15, -0.1) is 13.2 Å². The van der Waals surface area contributed by atoms with Crippen molar-refractivity contribution in [2.75, 3.05) is 18.8 Å². The zero-order valence-electron chi connectivity index (χ0n) is 13.5. The molecule has 0 aliphatic heterocycles. The number of nitrogens with zero attached hydrogens (tertiary/aromatic N) is 1. The zero-order valence-corrected chi connectivity index (χ0v) is 14.3. The highest BCUT2D eigenvalue weighted by molar-refractivity contribution is 7.91. The highest BCUT2D eigenvalue weighted by atomic mass is 32.2. The summed E-state index contributed by atoms with van der Waals surface area (Å²) in [6, 6.07) is 5.75. The van der Waals surface area contributed by atoms with E-state index in [2.05, 4.69) is 27.6 Å². The number of carboxylic acid groups (broad SMARTS) is 1. The highest BCUT2D eigenvalue weighted by Gasteiger charge is 2.35. The smallest absolute Gasteiger partial charge is 0.405 e. The number of benzene rings is 1. The van der Waals surface area contributed by atoms with Crippen molar-refractivity contribution in [2.24, 2.45) is 4.36 Å². The zero-order chi connectivity index (χ0) is 18.2. The Morgan fingerprint density at radius 2 is 2.08 bits per heavy atom. The summed E-state index contributed by atoms with van der Waals surface area (Å²) in [5.74, 6) is -0.850. The van der Waals surface area contributed by atoms with Crippen LogP contribution in [0.5, 0.6) is 0 Å². The van der Waals surface area contributed by atoms with Gasteiger partial charge in [-0.3, -0.25) is 0 Å². The molecule has 0 heterocycles. The first-order valence-electron chi connectivity index (χ1n) is 7.19. The van der Waals surface area contributed by atoms with Crippen LogP contribution in [0.3, 0.4) is 0 Å². The van der Waals surface area contributed by atoms with E-state index in [1.807, 2.05) is 0 Å². The van der Waals surface area contributed by atoms with Crippen LogP contribution in [0.2, 0.25) is 0 Å². The van der Waals surface area contributed by atoms with E-state index in [-0.39, 0.29) is 24.4 Å². The fraction of sp³-hybridized carbons (Fsp3) is 0.312. The molecule has 1 aromatic carbocycles. The van der Waals surface area contributed by atoms with Gasteiger partial charge in [0.1, 0.15) is 15.7 Å². The Labute approximate surface area is 141 Å². The van der Waals surface area contributed by atoms with Crippen molar-refractivity contribution in [1.82, 2.24) is 10.0 Å². The number of hydrogen-bond acceptors (Lipinski definition) is 3. The van der Waals surface area contributed by atoms with E-state index in [1.165, 1.54) is 37.3 Å². The second-order valence-corrected chi connectivity index (χ2v) is 7.38. The van der Waals surface area contributed by atoms with E-state index < -0.39 is 27.4 Å². The van der Waals surface area contributed by atoms with Crippen LogP contribution in [0.25, 0.3) is 0 Å². The monoisotopic (exact) mass is 355 g/mol. The van der Waals surface area contributed by atoms with Gasteiger partial charge in [-0.05, 0) is 13.0 Å². The van der Waals surface area contributed by atoms with Crippen molar-refractivity contribution < 1.29 is 18.5 Å². The van der Waals surface area contributed by atoms with E-state index in [1.54, 1.807) is 6.07 Å². The molecular formula is C16H22FN3O3S. The van der Waals surface area contributed by atoms with Gasteiger partial charge in [0.25, 0.3) is 0 Å². The molecule has 2 atom stereocenters. The van der Waals surface area contributed by atoms with Gasteiger partial charge < -0.3 is 10.4 Å². The van der Waals surface area contributed by atoms with E-state index >= 15 is 0 Å². The molecule has 1 rings (SSSR count). The third-order valence-electron chi connectivity index (χ3n) is 3.20. The Hall–Kier alpha value is -2.19.